The first kappa shape index (κ1) is 27.7. The maximum Gasteiger partial charge on any atom is 0.242 e. The van der Waals surface area contributed by atoms with Crippen LogP contribution in [0, 0.1) is 6.92 Å². The van der Waals surface area contributed by atoms with Gasteiger partial charge in [0.1, 0.15) is 6.04 Å². The van der Waals surface area contributed by atoms with E-state index in [-0.39, 0.29) is 37.4 Å². The molecule has 0 radical (unpaired) electrons. The van der Waals surface area contributed by atoms with Crippen molar-refractivity contribution in [3.05, 3.63) is 64.7 Å². The lowest BCUT2D eigenvalue weighted by Crippen LogP contribution is -2.49. The molecule has 34 heavy (non-hydrogen) atoms. The fraction of sp³-hybridized carbons (Fsp3) is 0.440. The number of hydrogen-bond acceptors (Lipinski definition) is 4. The second kappa shape index (κ2) is 12.2. The predicted octanol–water partition coefficient (Wildman–Crippen LogP) is 4.14. The molecule has 0 bridgehead atoms. The summed E-state index contributed by atoms with van der Waals surface area (Å²) in [4.78, 5) is 27.5. The molecule has 1 N–H and O–H groups in total. The van der Waals surface area contributed by atoms with Crippen molar-refractivity contribution in [2.24, 2.45) is 0 Å². The van der Waals surface area contributed by atoms with Crippen molar-refractivity contribution in [3.63, 3.8) is 0 Å². The van der Waals surface area contributed by atoms with Gasteiger partial charge in [-0.2, -0.15) is 0 Å². The number of sulfonamides is 1. The van der Waals surface area contributed by atoms with Gasteiger partial charge in [-0.15, -0.1) is 0 Å². The summed E-state index contributed by atoms with van der Waals surface area (Å²) >= 11 is 6.03. The molecule has 0 aliphatic carbocycles. The third-order valence-electron chi connectivity index (χ3n) is 5.28. The van der Waals surface area contributed by atoms with Gasteiger partial charge >= 0.3 is 0 Å². The molecule has 0 spiro atoms. The van der Waals surface area contributed by atoms with E-state index in [2.05, 4.69) is 5.32 Å². The lowest BCUT2D eigenvalue weighted by atomic mass is 10.1. The minimum atomic E-state index is -3.56. The van der Waals surface area contributed by atoms with Crippen LogP contribution in [0.15, 0.2) is 48.5 Å². The van der Waals surface area contributed by atoms with Crippen LogP contribution in [0.2, 0.25) is 5.02 Å². The number of hydrogen-bond donors (Lipinski definition) is 1. The molecular weight excluding hydrogens is 474 g/mol. The summed E-state index contributed by atoms with van der Waals surface area (Å²) in [6, 6.07) is 13.7. The molecule has 0 heterocycles. The first-order valence-corrected chi connectivity index (χ1v) is 13.5. The fourth-order valence-corrected chi connectivity index (χ4v) is 4.77. The van der Waals surface area contributed by atoms with Crippen molar-refractivity contribution in [3.8, 4) is 0 Å². The van der Waals surface area contributed by atoms with E-state index in [1.54, 1.807) is 36.1 Å². The summed E-state index contributed by atoms with van der Waals surface area (Å²) < 4.78 is 26.0. The zero-order chi connectivity index (χ0) is 25.5. The average Bonchev–Trinajstić information content (AvgIpc) is 2.73. The van der Waals surface area contributed by atoms with Crippen molar-refractivity contribution >= 4 is 39.1 Å². The molecule has 0 fully saturated rings. The highest BCUT2D eigenvalue weighted by Crippen LogP contribution is 2.22. The van der Waals surface area contributed by atoms with E-state index in [9.17, 15) is 18.0 Å². The normalized spacial score (nSPS) is 12.3. The average molecular weight is 508 g/mol. The molecule has 0 aliphatic rings. The van der Waals surface area contributed by atoms with Gasteiger partial charge in [-0.1, -0.05) is 47.5 Å². The summed E-state index contributed by atoms with van der Waals surface area (Å²) in [5.74, 6) is -0.444. The van der Waals surface area contributed by atoms with Crippen LogP contribution in [0.3, 0.4) is 0 Å². The first-order chi connectivity index (χ1) is 15.9. The SMILES string of the molecule is Cc1cccc(CN(C(=O)CCCN(c2cccc(Cl)c2)S(C)(=O)=O)[C@@H](C)C(=O)NC(C)C)c1. The van der Waals surface area contributed by atoms with Gasteiger partial charge in [-0.25, -0.2) is 8.42 Å². The minimum absolute atomic E-state index is 0.0492. The molecule has 2 amide bonds. The topological polar surface area (TPSA) is 86.8 Å². The Morgan fingerprint density at radius 3 is 2.32 bits per heavy atom. The van der Waals surface area contributed by atoms with Gasteiger partial charge < -0.3 is 10.2 Å². The van der Waals surface area contributed by atoms with E-state index in [1.807, 2.05) is 45.0 Å². The second-order valence-corrected chi connectivity index (χ2v) is 11.1. The van der Waals surface area contributed by atoms with Gasteiger partial charge in [-0.3, -0.25) is 13.9 Å². The van der Waals surface area contributed by atoms with Crippen molar-refractivity contribution in [2.75, 3.05) is 17.1 Å². The first-order valence-electron chi connectivity index (χ1n) is 11.3. The highest BCUT2D eigenvalue weighted by Gasteiger charge is 2.27. The number of carbonyl (C=O) groups excluding carboxylic acids is 2. The van der Waals surface area contributed by atoms with Gasteiger partial charge in [0.2, 0.25) is 21.8 Å². The van der Waals surface area contributed by atoms with E-state index in [1.165, 1.54) is 4.31 Å². The van der Waals surface area contributed by atoms with E-state index >= 15 is 0 Å². The molecule has 2 aromatic carbocycles. The predicted molar refractivity (Wildman–Crippen MR) is 137 cm³/mol. The molecule has 0 aromatic heterocycles. The molecule has 7 nitrogen and oxygen atoms in total. The molecule has 186 valence electrons. The van der Waals surface area contributed by atoms with Crippen molar-refractivity contribution < 1.29 is 18.0 Å². The van der Waals surface area contributed by atoms with Crippen molar-refractivity contribution in [2.45, 2.75) is 59.2 Å². The molecule has 2 rings (SSSR count). The molecule has 0 aliphatic heterocycles. The number of nitrogens with one attached hydrogen (secondary N) is 1. The number of aryl methyl sites for hydroxylation is 1. The molecule has 9 heteroatoms. The highest BCUT2D eigenvalue weighted by molar-refractivity contribution is 7.92. The van der Waals surface area contributed by atoms with Crippen LogP contribution < -0.4 is 9.62 Å². The fourth-order valence-electron chi connectivity index (χ4n) is 3.63. The standard InChI is InChI=1S/C25H34ClN3O4S/c1-18(2)27-25(31)20(4)28(17-21-10-6-9-19(3)15-21)24(30)13-8-14-29(34(5,32)33)23-12-7-11-22(26)16-23/h6-7,9-12,15-16,18,20H,8,13-14,17H2,1-5H3,(H,27,31)/t20-/m0/s1. The number of nitrogens with zero attached hydrogens (tertiary/aromatic N) is 2. The number of amides is 2. The summed E-state index contributed by atoms with van der Waals surface area (Å²) in [5, 5.41) is 3.29. The second-order valence-electron chi connectivity index (χ2n) is 8.77. The smallest absolute Gasteiger partial charge is 0.242 e. The van der Waals surface area contributed by atoms with Crippen molar-refractivity contribution in [1.82, 2.24) is 10.2 Å². The quantitative estimate of drug-likeness (QED) is 0.495. The zero-order valence-electron chi connectivity index (χ0n) is 20.4. The summed E-state index contributed by atoms with van der Waals surface area (Å²) in [6.07, 6.45) is 1.51. The summed E-state index contributed by atoms with van der Waals surface area (Å²) in [7, 11) is -3.56. The van der Waals surface area contributed by atoms with Crippen LogP contribution in [0.25, 0.3) is 0 Å². The molecule has 0 saturated carbocycles. The Labute approximate surface area is 208 Å². The van der Waals surface area contributed by atoms with E-state index in [0.717, 1.165) is 17.4 Å². The maximum absolute atomic E-state index is 13.2. The third-order valence-corrected chi connectivity index (χ3v) is 6.71. The highest BCUT2D eigenvalue weighted by atomic mass is 35.5. The Kier molecular flexibility index (Phi) is 9.94. The number of anilines is 1. The van der Waals surface area contributed by atoms with Crippen LogP contribution >= 0.6 is 11.6 Å². The van der Waals surface area contributed by atoms with Crippen molar-refractivity contribution in [1.29, 1.82) is 0 Å². The van der Waals surface area contributed by atoms with Gasteiger partial charge in [0.15, 0.2) is 0 Å². The number of benzene rings is 2. The van der Waals surface area contributed by atoms with Crippen LogP contribution in [0.5, 0.6) is 0 Å². The summed E-state index contributed by atoms with van der Waals surface area (Å²) in [6.45, 7) is 7.83. The minimum Gasteiger partial charge on any atom is -0.352 e. The molecule has 2 aromatic rings. The largest absolute Gasteiger partial charge is 0.352 e. The number of halogens is 1. The van der Waals surface area contributed by atoms with E-state index in [0.29, 0.717) is 17.1 Å². The molecule has 0 unspecified atom stereocenters. The lowest BCUT2D eigenvalue weighted by molar-refractivity contribution is -0.140. The Morgan fingerprint density at radius 2 is 1.74 bits per heavy atom. The Bertz CT molecular complexity index is 1100. The maximum atomic E-state index is 13.2. The van der Waals surface area contributed by atoms with Gasteiger partial charge in [-0.05, 0) is 57.9 Å². The van der Waals surface area contributed by atoms with Gasteiger partial charge in [0, 0.05) is 30.6 Å². The summed E-state index contributed by atoms with van der Waals surface area (Å²) in [5.41, 5.74) is 2.44. The van der Waals surface area contributed by atoms with E-state index < -0.39 is 16.1 Å². The van der Waals surface area contributed by atoms with Gasteiger partial charge in [0.25, 0.3) is 0 Å². The van der Waals surface area contributed by atoms with Crippen LogP contribution in [0.4, 0.5) is 5.69 Å². The molecule has 0 saturated heterocycles. The van der Waals surface area contributed by atoms with Crippen LogP contribution in [0.1, 0.15) is 44.7 Å². The van der Waals surface area contributed by atoms with Gasteiger partial charge in [0.05, 0.1) is 11.9 Å². The molecule has 1 atom stereocenters. The monoisotopic (exact) mass is 507 g/mol. The Balaban J connectivity index is 2.17. The molecular formula is C25H34ClN3O4S. The number of carbonyl (C=O) groups is 2. The van der Waals surface area contributed by atoms with Crippen LogP contribution in [-0.4, -0.2) is 50.0 Å². The number of rotatable bonds is 11. The van der Waals surface area contributed by atoms with E-state index in [4.69, 9.17) is 11.6 Å². The van der Waals surface area contributed by atoms with Crippen LogP contribution in [-0.2, 0) is 26.2 Å². The zero-order valence-corrected chi connectivity index (χ0v) is 22.0. The third kappa shape index (κ3) is 8.33. The lowest BCUT2D eigenvalue weighted by Gasteiger charge is -2.30. The Hall–Kier alpha value is -2.58. The Morgan fingerprint density at radius 1 is 1.06 bits per heavy atom.